The van der Waals surface area contributed by atoms with Crippen LogP contribution in [0.4, 0.5) is 11.8 Å². The number of nitrogens with zero attached hydrogens (tertiary/aromatic N) is 3. The molecule has 1 aromatic rings. The monoisotopic (exact) mass is 291 g/mol. The molecule has 21 heavy (non-hydrogen) atoms. The summed E-state index contributed by atoms with van der Waals surface area (Å²) in [6, 6.07) is 1.82. The Labute approximate surface area is 126 Å². The number of nitrogens with one attached hydrogen (secondary N) is 2. The summed E-state index contributed by atoms with van der Waals surface area (Å²) < 4.78 is 0. The molecule has 2 heterocycles. The van der Waals surface area contributed by atoms with Crippen molar-refractivity contribution < 1.29 is 4.79 Å². The third-order valence-electron chi connectivity index (χ3n) is 3.54. The Morgan fingerprint density at radius 3 is 2.81 bits per heavy atom. The number of anilines is 2. The maximum Gasteiger partial charge on any atom is 0.224 e. The van der Waals surface area contributed by atoms with Crippen molar-refractivity contribution in [1.29, 1.82) is 0 Å². The van der Waals surface area contributed by atoms with Gasteiger partial charge in [-0.3, -0.25) is 4.79 Å². The van der Waals surface area contributed by atoms with Crippen molar-refractivity contribution in [1.82, 2.24) is 14.9 Å². The average molecular weight is 291 g/mol. The SMILES string of the molecule is CCCNc1nccc(NCCC(=O)N2CCCCC2)n1. The Hall–Kier alpha value is -1.85. The Morgan fingerprint density at radius 2 is 2.05 bits per heavy atom. The van der Waals surface area contributed by atoms with E-state index in [0.717, 1.165) is 44.7 Å². The molecule has 1 aromatic heterocycles. The summed E-state index contributed by atoms with van der Waals surface area (Å²) in [6.45, 7) is 5.40. The summed E-state index contributed by atoms with van der Waals surface area (Å²) in [7, 11) is 0. The molecular weight excluding hydrogens is 266 g/mol. The van der Waals surface area contributed by atoms with Crippen LogP contribution in [0.2, 0.25) is 0 Å². The lowest BCUT2D eigenvalue weighted by Crippen LogP contribution is -2.36. The van der Waals surface area contributed by atoms with Gasteiger partial charge in [-0.05, 0) is 31.7 Å². The maximum absolute atomic E-state index is 12.0. The maximum atomic E-state index is 12.0. The number of hydrogen-bond acceptors (Lipinski definition) is 5. The van der Waals surface area contributed by atoms with Crippen molar-refractivity contribution in [3.05, 3.63) is 12.3 Å². The molecule has 2 rings (SSSR count). The first-order chi connectivity index (χ1) is 10.3. The van der Waals surface area contributed by atoms with E-state index in [-0.39, 0.29) is 5.91 Å². The van der Waals surface area contributed by atoms with E-state index >= 15 is 0 Å². The molecule has 1 amide bonds. The van der Waals surface area contributed by atoms with Crippen LogP contribution in [-0.4, -0.2) is 47.0 Å². The van der Waals surface area contributed by atoms with Crippen molar-refractivity contribution in [3.63, 3.8) is 0 Å². The molecule has 0 bridgehead atoms. The van der Waals surface area contributed by atoms with Gasteiger partial charge in [0.15, 0.2) is 0 Å². The van der Waals surface area contributed by atoms with Gasteiger partial charge in [0.1, 0.15) is 5.82 Å². The van der Waals surface area contributed by atoms with Gasteiger partial charge in [0.25, 0.3) is 0 Å². The van der Waals surface area contributed by atoms with Gasteiger partial charge in [0.2, 0.25) is 11.9 Å². The zero-order valence-corrected chi connectivity index (χ0v) is 12.8. The molecule has 116 valence electrons. The summed E-state index contributed by atoms with van der Waals surface area (Å²) in [5.41, 5.74) is 0. The Morgan fingerprint density at radius 1 is 1.24 bits per heavy atom. The molecule has 0 aromatic carbocycles. The highest BCUT2D eigenvalue weighted by atomic mass is 16.2. The lowest BCUT2D eigenvalue weighted by molar-refractivity contribution is -0.131. The fourth-order valence-corrected chi connectivity index (χ4v) is 2.38. The van der Waals surface area contributed by atoms with Crippen molar-refractivity contribution in [2.75, 3.05) is 36.8 Å². The van der Waals surface area contributed by atoms with E-state index in [1.165, 1.54) is 6.42 Å². The highest BCUT2D eigenvalue weighted by molar-refractivity contribution is 5.76. The number of carbonyl (C=O) groups is 1. The second kappa shape index (κ2) is 8.44. The molecule has 0 unspecified atom stereocenters. The Kier molecular flexibility index (Phi) is 6.24. The zero-order chi connectivity index (χ0) is 14.9. The number of rotatable bonds is 7. The summed E-state index contributed by atoms with van der Waals surface area (Å²) in [5, 5.41) is 6.34. The van der Waals surface area contributed by atoms with Crippen molar-refractivity contribution in [3.8, 4) is 0 Å². The van der Waals surface area contributed by atoms with Crippen LogP contribution in [0, 0.1) is 0 Å². The number of hydrogen-bond donors (Lipinski definition) is 2. The summed E-state index contributed by atoms with van der Waals surface area (Å²) in [6.07, 6.45) is 6.79. The average Bonchev–Trinajstić information content (AvgIpc) is 2.54. The predicted molar refractivity (Wildman–Crippen MR) is 84.4 cm³/mol. The van der Waals surface area contributed by atoms with E-state index in [2.05, 4.69) is 27.5 Å². The molecule has 2 N–H and O–H groups in total. The molecule has 0 aliphatic carbocycles. The minimum Gasteiger partial charge on any atom is -0.369 e. The third kappa shape index (κ3) is 5.21. The third-order valence-corrected chi connectivity index (χ3v) is 3.54. The normalized spacial score (nSPS) is 14.8. The van der Waals surface area contributed by atoms with Crippen LogP contribution < -0.4 is 10.6 Å². The Bertz CT molecular complexity index is 445. The quantitative estimate of drug-likeness (QED) is 0.805. The van der Waals surface area contributed by atoms with Crippen LogP contribution in [-0.2, 0) is 4.79 Å². The van der Waals surface area contributed by atoms with Crippen LogP contribution in [0.15, 0.2) is 12.3 Å². The molecule has 0 radical (unpaired) electrons. The van der Waals surface area contributed by atoms with E-state index in [0.29, 0.717) is 18.9 Å². The lowest BCUT2D eigenvalue weighted by Gasteiger charge is -2.26. The molecule has 1 aliphatic heterocycles. The van der Waals surface area contributed by atoms with Gasteiger partial charge < -0.3 is 15.5 Å². The summed E-state index contributed by atoms with van der Waals surface area (Å²) >= 11 is 0. The van der Waals surface area contributed by atoms with E-state index in [1.807, 2.05) is 11.0 Å². The van der Waals surface area contributed by atoms with Crippen LogP contribution in [0.5, 0.6) is 0 Å². The van der Waals surface area contributed by atoms with E-state index < -0.39 is 0 Å². The fourth-order valence-electron chi connectivity index (χ4n) is 2.38. The van der Waals surface area contributed by atoms with Gasteiger partial charge >= 0.3 is 0 Å². The molecule has 6 nitrogen and oxygen atoms in total. The topological polar surface area (TPSA) is 70.2 Å². The second-order valence-corrected chi connectivity index (χ2v) is 5.31. The number of aromatic nitrogens is 2. The smallest absolute Gasteiger partial charge is 0.224 e. The minimum atomic E-state index is 0.237. The minimum absolute atomic E-state index is 0.237. The van der Waals surface area contributed by atoms with Gasteiger partial charge in [0.05, 0.1) is 0 Å². The van der Waals surface area contributed by atoms with Crippen molar-refractivity contribution in [2.24, 2.45) is 0 Å². The van der Waals surface area contributed by atoms with Crippen molar-refractivity contribution >= 4 is 17.7 Å². The highest BCUT2D eigenvalue weighted by Gasteiger charge is 2.15. The van der Waals surface area contributed by atoms with E-state index in [9.17, 15) is 4.79 Å². The molecule has 0 spiro atoms. The number of carbonyl (C=O) groups excluding carboxylic acids is 1. The predicted octanol–water partition coefficient (Wildman–Crippen LogP) is 2.11. The lowest BCUT2D eigenvalue weighted by atomic mass is 10.1. The standard InChI is InChI=1S/C15H25N5O/c1-2-8-17-15-18-9-6-13(19-15)16-10-7-14(21)20-11-4-3-5-12-20/h6,9H,2-5,7-8,10-12H2,1H3,(H2,16,17,18,19). The van der Waals surface area contributed by atoms with Gasteiger partial charge in [-0.15, -0.1) is 0 Å². The molecule has 1 saturated heterocycles. The van der Waals surface area contributed by atoms with Gasteiger partial charge in [-0.25, -0.2) is 4.98 Å². The fraction of sp³-hybridized carbons (Fsp3) is 0.667. The molecule has 1 fully saturated rings. The van der Waals surface area contributed by atoms with Gasteiger partial charge in [0, 0.05) is 38.8 Å². The van der Waals surface area contributed by atoms with Crippen molar-refractivity contribution in [2.45, 2.75) is 39.0 Å². The molecule has 1 aliphatic rings. The van der Waals surface area contributed by atoms with Crippen LogP contribution in [0.25, 0.3) is 0 Å². The van der Waals surface area contributed by atoms with Crippen LogP contribution in [0.3, 0.4) is 0 Å². The van der Waals surface area contributed by atoms with Gasteiger partial charge in [-0.1, -0.05) is 6.92 Å². The highest BCUT2D eigenvalue weighted by Crippen LogP contribution is 2.10. The number of likely N-dealkylation sites (tertiary alicyclic amines) is 1. The summed E-state index contributed by atoms with van der Waals surface area (Å²) in [4.78, 5) is 22.5. The zero-order valence-electron chi connectivity index (χ0n) is 12.8. The first kappa shape index (κ1) is 15.5. The summed E-state index contributed by atoms with van der Waals surface area (Å²) in [5.74, 6) is 1.62. The van der Waals surface area contributed by atoms with Crippen LogP contribution in [0.1, 0.15) is 39.0 Å². The van der Waals surface area contributed by atoms with E-state index in [4.69, 9.17) is 0 Å². The molecule has 6 heteroatoms. The molecule has 0 saturated carbocycles. The van der Waals surface area contributed by atoms with Gasteiger partial charge in [-0.2, -0.15) is 4.98 Å². The molecular formula is C15H25N5O. The van der Waals surface area contributed by atoms with E-state index in [1.54, 1.807) is 6.20 Å². The second-order valence-electron chi connectivity index (χ2n) is 5.31. The largest absolute Gasteiger partial charge is 0.369 e. The Balaban J connectivity index is 1.73. The molecule has 0 atom stereocenters. The van der Waals surface area contributed by atoms with Crippen LogP contribution >= 0.6 is 0 Å². The number of piperidine rings is 1. The first-order valence-electron chi connectivity index (χ1n) is 7.88. The first-order valence-corrected chi connectivity index (χ1v) is 7.88. The number of amides is 1.